The number of carbonyl (C=O) groups is 1. The van der Waals surface area contributed by atoms with Gasteiger partial charge in [-0.1, -0.05) is 6.92 Å². The molecule has 0 unspecified atom stereocenters. The predicted octanol–water partition coefficient (Wildman–Crippen LogP) is 4.52. The molecule has 25 heavy (non-hydrogen) atoms. The first-order chi connectivity index (χ1) is 11.8. The molecule has 1 aliphatic carbocycles. The zero-order valence-corrected chi connectivity index (χ0v) is 15.6. The third-order valence-corrected chi connectivity index (χ3v) is 5.45. The first-order valence-electron chi connectivity index (χ1n) is 8.61. The molecule has 0 spiro atoms. The highest BCUT2D eigenvalue weighted by atomic mass is 32.1. The van der Waals surface area contributed by atoms with E-state index in [9.17, 15) is 13.6 Å². The molecular weight excluding hydrogens is 344 g/mol. The number of aryl methyl sites for hydroxylation is 1. The molecule has 7 heteroatoms. The Bertz CT molecular complexity index is 759. The Balaban J connectivity index is 1.80. The number of halogens is 2. The lowest BCUT2D eigenvalue weighted by Crippen LogP contribution is -2.33. The van der Waals surface area contributed by atoms with E-state index in [-0.39, 0.29) is 11.6 Å². The van der Waals surface area contributed by atoms with Crippen LogP contribution in [0.15, 0.2) is 18.2 Å². The lowest BCUT2D eigenvalue weighted by atomic mass is 10.2. The second kappa shape index (κ2) is 6.86. The molecule has 0 aliphatic heterocycles. The van der Waals surface area contributed by atoms with Gasteiger partial charge in [0, 0.05) is 27.1 Å². The molecule has 0 radical (unpaired) electrons. The van der Waals surface area contributed by atoms with Crippen LogP contribution in [0.25, 0.3) is 10.6 Å². The minimum Gasteiger partial charge on any atom is -0.338 e. The van der Waals surface area contributed by atoms with Crippen LogP contribution < -0.4 is 0 Å². The fourth-order valence-electron chi connectivity index (χ4n) is 2.90. The van der Waals surface area contributed by atoms with Crippen molar-refractivity contribution in [1.29, 1.82) is 0 Å². The smallest absolute Gasteiger partial charge is 0.286 e. The van der Waals surface area contributed by atoms with Crippen LogP contribution in [0.5, 0.6) is 0 Å². The SMILES string of the molecule is CCCN(CC1CC1)C(=O)c1ccc(-c2cc(C(C)(F)F)n(C)n2)s1. The van der Waals surface area contributed by atoms with Crippen molar-refractivity contribution in [2.75, 3.05) is 13.1 Å². The van der Waals surface area contributed by atoms with Crippen LogP contribution in [0.3, 0.4) is 0 Å². The normalized spacial score (nSPS) is 14.8. The van der Waals surface area contributed by atoms with E-state index >= 15 is 0 Å². The highest BCUT2D eigenvalue weighted by Crippen LogP contribution is 2.34. The van der Waals surface area contributed by atoms with Gasteiger partial charge in [0.05, 0.1) is 9.75 Å². The topological polar surface area (TPSA) is 38.1 Å². The maximum Gasteiger partial charge on any atom is 0.286 e. The monoisotopic (exact) mass is 367 g/mol. The van der Waals surface area contributed by atoms with Crippen molar-refractivity contribution in [3.05, 3.63) is 28.8 Å². The van der Waals surface area contributed by atoms with Crippen molar-refractivity contribution in [3.8, 4) is 10.6 Å². The molecule has 1 aliphatic rings. The summed E-state index contributed by atoms with van der Waals surface area (Å²) in [7, 11) is 1.51. The fraction of sp³-hybridized carbons (Fsp3) is 0.556. The predicted molar refractivity (Wildman–Crippen MR) is 95.0 cm³/mol. The highest BCUT2D eigenvalue weighted by Gasteiger charge is 2.30. The van der Waals surface area contributed by atoms with Crippen molar-refractivity contribution >= 4 is 17.2 Å². The summed E-state index contributed by atoms with van der Waals surface area (Å²) in [6.07, 6.45) is 3.32. The second-order valence-electron chi connectivity index (χ2n) is 6.79. The van der Waals surface area contributed by atoms with Gasteiger partial charge in [-0.15, -0.1) is 11.3 Å². The van der Waals surface area contributed by atoms with Crippen LogP contribution >= 0.6 is 11.3 Å². The van der Waals surface area contributed by atoms with Crippen molar-refractivity contribution in [2.24, 2.45) is 13.0 Å². The van der Waals surface area contributed by atoms with E-state index in [0.29, 0.717) is 16.5 Å². The standard InChI is InChI=1S/C18H23F2N3OS/c1-4-9-23(11-12-5-6-12)17(24)15-8-7-14(25-15)13-10-16(18(2,19)20)22(3)21-13/h7-8,10,12H,4-6,9,11H2,1-3H3. The Morgan fingerprint density at radius 3 is 2.72 bits per heavy atom. The minimum atomic E-state index is -2.95. The van der Waals surface area contributed by atoms with Gasteiger partial charge < -0.3 is 4.90 Å². The maximum absolute atomic E-state index is 13.6. The van der Waals surface area contributed by atoms with E-state index < -0.39 is 5.92 Å². The summed E-state index contributed by atoms with van der Waals surface area (Å²) in [5, 5.41) is 4.18. The van der Waals surface area contributed by atoms with Crippen LogP contribution in [-0.4, -0.2) is 33.7 Å². The Kier molecular flexibility index (Phi) is 4.95. The number of thiophene rings is 1. The van der Waals surface area contributed by atoms with Crippen LogP contribution in [-0.2, 0) is 13.0 Å². The number of hydrogen-bond donors (Lipinski definition) is 0. The number of nitrogens with zero attached hydrogens (tertiary/aromatic N) is 3. The van der Waals surface area contributed by atoms with Gasteiger partial charge in [0.25, 0.3) is 11.8 Å². The summed E-state index contributed by atoms with van der Waals surface area (Å²) in [6, 6.07) is 4.96. The van der Waals surface area contributed by atoms with Crippen LogP contribution in [0, 0.1) is 5.92 Å². The molecule has 0 bridgehead atoms. The molecule has 1 saturated carbocycles. The average molecular weight is 367 g/mol. The van der Waals surface area contributed by atoms with Crippen molar-refractivity contribution in [2.45, 2.75) is 39.0 Å². The van der Waals surface area contributed by atoms with Gasteiger partial charge in [-0.3, -0.25) is 9.48 Å². The first kappa shape index (κ1) is 18.0. The molecule has 136 valence electrons. The number of alkyl halides is 2. The molecule has 3 rings (SSSR count). The lowest BCUT2D eigenvalue weighted by molar-refractivity contribution is 0.00882. The van der Waals surface area contributed by atoms with Gasteiger partial charge >= 0.3 is 0 Å². The molecule has 2 aromatic heterocycles. The summed E-state index contributed by atoms with van der Waals surface area (Å²) < 4.78 is 28.4. The van der Waals surface area contributed by atoms with Crippen LogP contribution in [0.2, 0.25) is 0 Å². The van der Waals surface area contributed by atoms with E-state index in [1.54, 1.807) is 12.1 Å². The Hall–Kier alpha value is -1.76. The molecule has 0 saturated heterocycles. The third kappa shape index (κ3) is 4.08. The fourth-order valence-corrected chi connectivity index (χ4v) is 3.83. The summed E-state index contributed by atoms with van der Waals surface area (Å²) >= 11 is 1.32. The molecular formula is C18H23F2N3OS. The molecule has 4 nitrogen and oxygen atoms in total. The van der Waals surface area contributed by atoms with Crippen LogP contribution in [0.4, 0.5) is 8.78 Å². The molecule has 0 N–H and O–H groups in total. The largest absolute Gasteiger partial charge is 0.338 e. The van der Waals surface area contributed by atoms with Gasteiger partial charge in [0.2, 0.25) is 0 Å². The van der Waals surface area contributed by atoms with E-state index in [1.807, 2.05) is 4.90 Å². The van der Waals surface area contributed by atoms with Crippen LogP contribution in [0.1, 0.15) is 48.5 Å². The lowest BCUT2D eigenvalue weighted by Gasteiger charge is -2.21. The summed E-state index contributed by atoms with van der Waals surface area (Å²) in [4.78, 5) is 16.1. The quantitative estimate of drug-likeness (QED) is 0.721. The molecule has 1 amide bonds. The number of amides is 1. The zero-order chi connectivity index (χ0) is 18.2. The number of rotatable bonds is 7. The van der Waals surface area contributed by atoms with Crippen molar-refractivity contribution in [3.63, 3.8) is 0 Å². The number of aromatic nitrogens is 2. The van der Waals surface area contributed by atoms with Crippen molar-refractivity contribution < 1.29 is 13.6 Å². The average Bonchev–Trinajstić information content (AvgIpc) is 3.06. The van der Waals surface area contributed by atoms with Crippen molar-refractivity contribution in [1.82, 2.24) is 14.7 Å². The van der Waals surface area contributed by atoms with Gasteiger partial charge in [-0.05, 0) is 43.4 Å². The molecule has 2 aromatic rings. The zero-order valence-electron chi connectivity index (χ0n) is 14.8. The Morgan fingerprint density at radius 2 is 2.16 bits per heavy atom. The van der Waals surface area contributed by atoms with E-state index in [4.69, 9.17) is 0 Å². The van der Waals surface area contributed by atoms with Gasteiger partial charge in [-0.2, -0.15) is 13.9 Å². The first-order valence-corrected chi connectivity index (χ1v) is 9.43. The molecule has 0 aromatic carbocycles. The molecule has 1 fully saturated rings. The minimum absolute atomic E-state index is 0.0296. The Labute approximate surface area is 150 Å². The maximum atomic E-state index is 13.6. The van der Waals surface area contributed by atoms with E-state index in [0.717, 1.165) is 31.3 Å². The third-order valence-electron chi connectivity index (χ3n) is 4.36. The van der Waals surface area contributed by atoms with E-state index in [1.165, 1.54) is 42.0 Å². The molecule has 2 heterocycles. The summed E-state index contributed by atoms with van der Waals surface area (Å²) in [5.41, 5.74) is 0.345. The number of hydrogen-bond acceptors (Lipinski definition) is 3. The molecule has 0 atom stereocenters. The number of carbonyl (C=O) groups excluding carboxylic acids is 1. The summed E-state index contributed by atoms with van der Waals surface area (Å²) in [5.74, 6) is -2.28. The highest BCUT2D eigenvalue weighted by molar-refractivity contribution is 7.17. The van der Waals surface area contributed by atoms with Gasteiger partial charge in [-0.25, -0.2) is 0 Å². The Morgan fingerprint density at radius 1 is 1.44 bits per heavy atom. The second-order valence-corrected chi connectivity index (χ2v) is 7.87. The van der Waals surface area contributed by atoms with Gasteiger partial charge in [0.1, 0.15) is 11.4 Å². The van der Waals surface area contributed by atoms with Gasteiger partial charge in [0.15, 0.2) is 0 Å². The summed E-state index contributed by atoms with van der Waals surface area (Å²) in [6.45, 7) is 4.49. The van der Waals surface area contributed by atoms with E-state index in [2.05, 4.69) is 12.0 Å².